The number of benzene rings is 2. The molecule has 0 unspecified atom stereocenters. The molecule has 4 rings (SSSR count). The molecule has 0 atom stereocenters. The number of nitrogens with one attached hydrogen (secondary N) is 2. The van der Waals surface area contributed by atoms with Gasteiger partial charge in [0.1, 0.15) is 6.33 Å². The van der Waals surface area contributed by atoms with Crippen LogP contribution in [0.4, 0.5) is 23.3 Å². The normalized spacial score (nSPS) is 14.6. The maximum absolute atomic E-state index is 12.9. The van der Waals surface area contributed by atoms with E-state index in [0.29, 0.717) is 43.5 Å². The van der Waals surface area contributed by atoms with Crippen molar-refractivity contribution in [2.45, 2.75) is 37.7 Å². The Labute approximate surface area is 199 Å². The van der Waals surface area contributed by atoms with Crippen molar-refractivity contribution in [2.75, 3.05) is 28.6 Å². The van der Waals surface area contributed by atoms with Gasteiger partial charge in [-0.05, 0) is 43.0 Å². The van der Waals surface area contributed by atoms with Gasteiger partial charge in [-0.3, -0.25) is 4.79 Å². The fraction of sp³-hybridized carbons (Fsp3) is 0.333. The van der Waals surface area contributed by atoms with Crippen LogP contribution in [-0.2, 0) is 20.4 Å². The van der Waals surface area contributed by atoms with Crippen LogP contribution in [0.5, 0.6) is 0 Å². The first-order chi connectivity index (χ1) is 16.3. The summed E-state index contributed by atoms with van der Waals surface area (Å²) in [6, 6.07) is 14.8. The second kappa shape index (κ2) is 10.2. The second-order valence-corrected chi connectivity index (χ2v) is 10.7. The van der Waals surface area contributed by atoms with Gasteiger partial charge in [0.05, 0.1) is 11.0 Å². The molecule has 1 amide bonds. The summed E-state index contributed by atoms with van der Waals surface area (Å²) in [4.78, 5) is 26.5. The first-order valence-corrected chi connectivity index (χ1v) is 12.9. The monoisotopic (exact) mass is 480 g/mol. The van der Waals surface area contributed by atoms with Crippen LogP contribution in [0.15, 0.2) is 54.9 Å². The van der Waals surface area contributed by atoms with Gasteiger partial charge < -0.3 is 15.5 Å². The van der Waals surface area contributed by atoms with Gasteiger partial charge in [0.15, 0.2) is 9.84 Å². The lowest BCUT2D eigenvalue weighted by Crippen LogP contribution is -2.40. The molecule has 2 aromatic carbocycles. The molecule has 9 nitrogen and oxygen atoms in total. The molecule has 2 heterocycles. The van der Waals surface area contributed by atoms with Crippen molar-refractivity contribution in [3.05, 3.63) is 66.0 Å². The van der Waals surface area contributed by atoms with Crippen LogP contribution in [-0.4, -0.2) is 47.6 Å². The van der Waals surface area contributed by atoms with Crippen LogP contribution < -0.4 is 15.5 Å². The van der Waals surface area contributed by atoms with Gasteiger partial charge in [0.2, 0.25) is 17.8 Å². The Morgan fingerprint density at radius 1 is 1.03 bits per heavy atom. The van der Waals surface area contributed by atoms with E-state index in [4.69, 9.17) is 0 Å². The predicted molar refractivity (Wildman–Crippen MR) is 133 cm³/mol. The molecule has 0 spiro atoms. The Balaban J connectivity index is 1.41. The number of rotatable bonds is 7. The third kappa shape index (κ3) is 5.69. The van der Waals surface area contributed by atoms with Crippen LogP contribution in [0.25, 0.3) is 0 Å². The molecule has 0 saturated carbocycles. The Morgan fingerprint density at radius 2 is 1.74 bits per heavy atom. The minimum absolute atomic E-state index is 0.0647. The number of hydrogen-bond acceptors (Lipinski definition) is 8. The van der Waals surface area contributed by atoms with E-state index in [1.807, 2.05) is 60.4 Å². The van der Waals surface area contributed by atoms with Gasteiger partial charge in [-0.25, -0.2) is 18.4 Å². The third-order valence-electron chi connectivity index (χ3n) is 5.89. The van der Waals surface area contributed by atoms with Crippen molar-refractivity contribution in [1.29, 1.82) is 0 Å². The molecular formula is C24H28N6O3S. The molecule has 1 fully saturated rings. The molecule has 10 heteroatoms. The Morgan fingerprint density at radius 3 is 2.44 bits per heavy atom. The van der Waals surface area contributed by atoms with E-state index < -0.39 is 9.84 Å². The number of sulfone groups is 1. The highest BCUT2D eigenvalue weighted by molar-refractivity contribution is 7.91. The summed E-state index contributed by atoms with van der Waals surface area (Å²) >= 11 is 0. The summed E-state index contributed by atoms with van der Waals surface area (Å²) in [5, 5.41) is 5.62. The maximum Gasteiger partial charge on any atom is 0.232 e. The number of piperidine rings is 1. The van der Waals surface area contributed by atoms with Gasteiger partial charge in [-0.2, -0.15) is 4.98 Å². The van der Waals surface area contributed by atoms with Gasteiger partial charge in [-0.1, -0.05) is 36.4 Å². The second-order valence-electron chi connectivity index (χ2n) is 8.37. The first-order valence-electron chi connectivity index (χ1n) is 11.2. The van der Waals surface area contributed by atoms with Crippen molar-refractivity contribution >= 4 is 39.0 Å². The molecule has 1 aromatic heterocycles. The molecule has 178 valence electrons. The molecule has 0 radical (unpaired) electrons. The fourth-order valence-corrected chi connectivity index (χ4v) is 5.88. The highest BCUT2D eigenvalue weighted by Gasteiger charge is 2.31. The van der Waals surface area contributed by atoms with Gasteiger partial charge in [0.25, 0.3) is 0 Å². The SMILES string of the molecule is CC(=O)Nc1cccc(Nc2ncnc(N3CCC(S(=O)(=O)Cc4ccccc4)CC3)n2)c1C. The molecule has 3 aromatic rings. The topological polar surface area (TPSA) is 117 Å². The highest BCUT2D eigenvalue weighted by atomic mass is 32.2. The van der Waals surface area contributed by atoms with E-state index in [1.165, 1.54) is 13.3 Å². The molecule has 0 aliphatic carbocycles. The number of amides is 1. The molecule has 1 aliphatic heterocycles. The summed E-state index contributed by atoms with van der Waals surface area (Å²) in [5.74, 6) is 0.811. The zero-order valence-corrected chi connectivity index (χ0v) is 20.0. The summed E-state index contributed by atoms with van der Waals surface area (Å²) in [6.45, 7) is 4.47. The molecule has 1 saturated heterocycles. The van der Waals surface area contributed by atoms with Crippen LogP contribution in [0.3, 0.4) is 0 Å². The Hall–Kier alpha value is -3.53. The molecule has 2 N–H and O–H groups in total. The van der Waals surface area contributed by atoms with E-state index in [0.717, 1.165) is 16.8 Å². The maximum atomic E-state index is 12.9. The smallest absolute Gasteiger partial charge is 0.232 e. The summed E-state index contributed by atoms with van der Waals surface area (Å²) < 4.78 is 25.8. The van der Waals surface area contributed by atoms with Crippen LogP contribution in [0, 0.1) is 6.92 Å². The summed E-state index contributed by atoms with van der Waals surface area (Å²) in [7, 11) is -3.23. The van der Waals surface area contributed by atoms with Crippen molar-refractivity contribution in [1.82, 2.24) is 15.0 Å². The lowest BCUT2D eigenvalue weighted by molar-refractivity contribution is -0.114. The fourth-order valence-electron chi connectivity index (χ4n) is 4.06. The van der Waals surface area contributed by atoms with Crippen molar-refractivity contribution in [2.24, 2.45) is 0 Å². The highest BCUT2D eigenvalue weighted by Crippen LogP contribution is 2.27. The van der Waals surface area contributed by atoms with Gasteiger partial charge >= 0.3 is 0 Å². The zero-order valence-electron chi connectivity index (χ0n) is 19.2. The first kappa shape index (κ1) is 23.6. The third-order valence-corrected chi connectivity index (χ3v) is 8.12. The lowest BCUT2D eigenvalue weighted by Gasteiger charge is -2.31. The number of aromatic nitrogens is 3. The number of hydrogen-bond donors (Lipinski definition) is 2. The number of nitrogens with zero attached hydrogens (tertiary/aromatic N) is 4. The molecule has 1 aliphatic rings. The Bertz CT molecular complexity index is 1260. The number of carbonyl (C=O) groups is 1. The van der Waals surface area contributed by atoms with E-state index >= 15 is 0 Å². The molecule has 0 bridgehead atoms. The number of carbonyl (C=O) groups excluding carboxylic acids is 1. The Kier molecular flexibility index (Phi) is 7.06. The van der Waals surface area contributed by atoms with Crippen molar-refractivity contribution < 1.29 is 13.2 Å². The zero-order chi connectivity index (χ0) is 24.1. The lowest BCUT2D eigenvalue weighted by atomic mass is 10.1. The molecular weight excluding hydrogens is 452 g/mol. The van der Waals surface area contributed by atoms with E-state index in [2.05, 4.69) is 25.6 Å². The summed E-state index contributed by atoms with van der Waals surface area (Å²) in [5.41, 5.74) is 3.17. The van der Waals surface area contributed by atoms with E-state index in [9.17, 15) is 13.2 Å². The van der Waals surface area contributed by atoms with Crippen LogP contribution in [0.1, 0.15) is 30.9 Å². The summed E-state index contributed by atoms with van der Waals surface area (Å²) in [6.07, 6.45) is 2.50. The van der Waals surface area contributed by atoms with E-state index in [1.54, 1.807) is 0 Å². The quantitative estimate of drug-likeness (QED) is 0.528. The minimum Gasteiger partial charge on any atom is -0.341 e. The van der Waals surface area contributed by atoms with Gasteiger partial charge in [0, 0.05) is 31.4 Å². The van der Waals surface area contributed by atoms with Crippen molar-refractivity contribution in [3.8, 4) is 0 Å². The predicted octanol–water partition coefficient (Wildman–Crippen LogP) is 3.47. The van der Waals surface area contributed by atoms with Crippen LogP contribution in [0.2, 0.25) is 0 Å². The van der Waals surface area contributed by atoms with Gasteiger partial charge in [-0.15, -0.1) is 0 Å². The van der Waals surface area contributed by atoms with E-state index in [-0.39, 0.29) is 16.9 Å². The standard InChI is InChI=1S/C24H28N6O3S/c1-17-21(27-18(2)31)9-6-10-22(17)28-23-25-16-26-24(29-23)30-13-11-20(12-14-30)34(32,33)15-19-7-4-3-5-8-19/h3-10,16,20H,11-15H2,1-2H3,(H,27,31)(H,25,26,28,29). The number of anilines is 4. The van der Waals surface area contributed by atoms with Crippen molar-refractivity contribution in [3.63, 3.8) is 0 Å². The molecule has 34 heavy (non-hydrogen) atoms. The van der Waals surface area contributed by atoms with Crippen LogP contribution >= 0.6 is 0 Å². The minimum atomic E-state index is -3.23. The average Bonchev–Trinajstić information content (AvgIpc) is 2.82. The largest absolute Gasteiger partial charge is 0.341 e. The average molecular weight is 481 g/mol.